The summed E-state index contributed by atoms with van der Waals surface area (Å²) in [7, 11) is 0. The molecule has 0 saturated carbocycles. The minimum Gasteiger partial charge on any atom is -0.375 e. The standard InChI is InChI=1S/C14H17N3OS/c1-8(2)17-12-5-3-4-9(12)6-10(13(17)18)11-7-19-14(15)16-11/h6-8H,3-5H2,1-2H3,(H2,15,16). The molecule has 0 amide bonds. The van der Waals surface area contributed by atoms with E-state index >= 15 is 0 Å². The van der Waals surface area contributed by atoms with Gasteiger partial charge in [0.25, 0.3) is 5.56 Å². The Morgan fingerprint density at radius 3 is 2.84 bits per heavy atom. The van der Waals surface area contributed by atoms with Crippen LogP contribution in [-0.2, 0) is 12.8 Å². The van der Waals surface area contributed by atoms with E-state index in [2.05, 4.69) is 18.8 Å². The highest BCUT2D eigenvalue weighted by atomic mass is 32.1. The highest BCUT2D eigenvalue weighted by Gasteiger charge is 2.21. The van der Waals surface area contributed by atoms with Crippen LogP contribution in [0.1, 0.15) is 37.6 Å². The predicted molar refractivity (Wildman–Crippen MR) is 78.6 cm³/mol. The molecule has 0 atom stereocenters. The van der Waals surface area contributed by atoms with Crippen molar-refractivity contribution in [3.63, 3.8) is 0 Å². The fourth-order valence-corrected chi connectivity index (χ4v) is 3.37. The zero-order valence-electron chi connectivity index (χ0n) is 11.1. The van der Waals surface area contributed by atoms with Gasteiger partial charge in [0, 0.05) is 17.1 Å². The Bertz CT molecular complexity index is 684. The first-order chi connectivity index (χ1) is 9.08. The molecule has 0 aliphatic heterocycles. The van der Waals surface area contributed by atoms with Crippen LogP contribution in [0.5, 0.6) is 0 Å². The molecule has 0 aromatic carbocycles. The molecular weight excluding hydrogens is 258 g/mol. The molecule has 19 heavy (non-hydrogen) atoms. The first-order valence-electron chi connectivity index (χ1n) is 6.56. The van der Waals surface area contributed by atoms with Gasteiger partial charge < -0.3 is 10.3 Å². The van der Waals surface area contributed by atoms with Crippen LogP contribution in [0, 0.1) is 0 Å². The van der Waals surface area contributed by atoms with Gasteiger partial charge in [0.2, 0.25) is 0 Å². The lowest BCUT2D eigenvalue weighted by Gasteiger charge is -2.17. The molecule has 1 aliphatic carbocycles. The summed E-state index contributed by atoms with van der Waals surface area (Å²) >= 11 is 1.37. The maximum absolute atomic E-state index is 12.7. The van der Waals surface area contributed by atoms with Crippen molar-refractivity contribution in [2.75, 3.05) is 5.73 Å². The van der Waals surface area contributed by atoms with Crippen LogP contribution in [-0.4, -0.2) is 9.55 Å². The van der Waals surface area contributed by atoms with E-state index in [0.717, 1.165) is 19.3 Å². The van der Waals surface area contributed by atoms with Crippen molar-refractivity contribution in [1.82, 2.24) is 9.55 Å². The van der Waals surface area contributed by atoms with Crippen LogP contribution in [0.15, 0.2) is 16.2 Å². The smallest absolute Gasteiger partial charge is 0.260 e. The van der Waals surface area contributed by atoms with E-state index < -0.39 is 0 Å². The minimum absolute atomic E-state index is 0.0564. The summed E-state index contributed by atoms with van der Waals surface area (Å²) in [5, 5.41) is 2.36. The first kappa shape index (κ1) is 12.4. The zero-order valence-corrected chi connectivity index (χ0v) is 12.0. The fourth-order valence-electron chi connectivity index (χ4n) is 2.81. The molecule has 0 fully saturated rings. The molecule has 4 nitrogen and oxygen atoms in total. The van der Waals surface area contributed by atoms with Gasteiger partial charge in [0.15, 0.2) is 5.13 Å². The molecule has 2 aromatic rings. The summed E-state index contributed by atoms with van der Waals surface area (Å²) < 4.78 is 1.92. The van der Waals surface area contributed by atoms with Crippen molar-refractivity contribution < 1.29 is 0 Å². The molecule has 2 heterocycles. The quantitative estimate of drug-likeness (QED) is 0.916. The van der Waals surface area contributed by atoms with E-state index in [9.17, 15) is 4.79 Å². The number of rotatable bonds is 2. The van der Waals surface area contributed by atoms with Crippen molar-refractivity contribution >= 4 is 16.5 Å². The van der Waals surface area contributed by atoms with Crippen molar-refractivity contribution in [2.45, 2.75) is 39.2 Å². The van der Waals surface area contributed by atoms with Gasteiger partial charge >= 0.3 is 0 Å². The second-order valence-corrected chi connectivity index (χ2v) is 6.11. The van der Waals surface area contributed by atoms with Gasteiger partial charge in [-0.15, -0.1) is 11.3 Å². The number of aryl methyl sites for hydroxylation is 1. The lowest BCUT2D eigenvalue weighted by molar-refractivity contribution is 0.555. The number of anilines is 1. The molecule has 0 bridgehead atoms. The van der Waals surface area contributed by atoms with E-state index in [1.165, 1.54) is 22.6 Å². The topological polar surface area (TPSA) is 60.9 Å². The van der Waals surface area contributed by atoms with Crippen LogP contribution in [0.25, 0.3) is 11.3 Å². The largest absolute Gasteiger partial charge is 0.375 e. The Morgan fingerprint density at radius 1 is 1.42 bits per heavy atom. The van der Waals surface area contributed by atoms with E-state index in [1.54, 1.807) is 0 Å². The van der Waals surface area contributed by atoms with Crippen LogP contribution in [0.2, 0.25) is 0 Å². The lowest BCUT2D eigenvalue weighted by Crippen LogP contribution is -2.26. The number of aromatic nitrogens is 2. The Morgan fingerprint density at radius 2 is 2.21 bits per heavy atom. The summed E-state index contributed by atoms with van der Waals surface area (Å²) in [5.41, 5.74) is 9.61. The van der Waals surface area contributed by atoms with Crippen molar-refractivity contribution in [1.29, 1.82) is 0 Å². The molecule has 3 rings (SSSR count). The molecular formula is C14H17N3OS. The van der Waals surface area contributed by atoms with Gasteiger partial charge in [0.05, 0.1) is 11.3 Å². The monoisotopic (exact) mass is 275 g/mol. The van der Waals surface area contributed by atoms with Gasteiger partial charge in [-0.2, -0.15) is 0 Å². The second-order valence-electron chi connectivity index (χ2n) is 5.22. The van der Waals surface area contributed by atoms with E-state index in [1.807, 2.05) is 16.0 Å². The predicted octanol–water partition coefficient (Wildman–Crippen LogP) is 2.62. The molecule has 0 radical (unpaired) electrons. The summed E-state index contributed by atoms with van der Waals surface area (Å²) in [4.78, 5) is 16.9. The van der Waals surface area contributed by atoms with Crippen molar-refractivity contribution in [3.05, 3.63) is 33.1 Å². The third-order valence-electron chi connectivity index (χ3n) is 3.60. The maximum Gasteiger partial charge on any atom is 0.260 e. The van der Waals surface area contributed by atoms with Crippen LogP contribution in [0.3, 0.4) is 0 Å². The Kier molecular flexibility index (Phi) is 2.93. The third-order valence-corrected chi connectivity index (χ3v) is 4.28. The summed E-state index contributed by atoms with van der Waals surface area (Å²) in [5.74, 6) is 0. The number of hydrogen-bond acceptors (Lipinski definition) is 4. The Balaban J connectivity index is 2.27. The number of nitrogen functional groups attached to an aromatic ring is 1. The average Bonchev–Trinajstić information content (AvgIpc) is 2.95. The SMILES string of the molecule is CC(C)n1c2c(cc(-c3csc(N)n3)c1=O)CCC2. The molecule has 2 N–H and O–H groups in total. The van der Waals surface area contributed by atoms with Gasteiger partial charge in [-0.3, -0.25) is 4.79 Å². The average molecular weight is 275 g/mol. The van der Waals surface area contributed by atoms with E-state index in [0.29, 0.717) is 16.4 Å². The summed E-state index contributed by atoms with van der Waals surface area (Å²) in [6, 6.07) is 2.19. The van der Waals surface area contributed by atoms with E-state index in [-0.39, 0.29) is 11.6 Å². The minimum atomic E-state index is 0.0564. The maximum atomic E-state index is 12.7. The zero-order chi connectivity index (χ0) is 13.6. The highest BCUT2D eigenvalue weighted by Crippen LogP contribution is 2.28. The number of hydrogen-bond donors (Lipinski definition) is 1. The van der Waals surface area contributed by atoms with Crippen molar-refractivity contribution in [3.8, 4) is 11.3 Å². The first-order valence-corrected chi connectivity index (χ1v) is 7.44. The number of nitrogens with two attached hydrogens (primary N) is 1. The van der Waals surface area contributed by atoms with Crippen LogP contribution >= 0.6 is 11.3 Å². The van der Waals surface area contributed by atoms with Gasteiger partial charge in [-0.05, 0) is 44.7 Å². The number of pyridine rings is 1. The third kappa shape index (κ3) is 1.98. The van der Waals surface area contributed by atoms with Gasteiger partial charge in [0.1, 0.15) is 0 Å². The molecule has 1 aliphatic rings. The summed E-state index contributed by atoms with van der Waals surface area (Å²) in [6.45, 7) is 4.11. The number of nitrogens with zero attached hydrogens (tertiary/aromatic N) is 2. The van der Waals surface area contributed by atoms with E-state index in [4.69, 9.17) is 5.73 Å². The fraction of sp³-hybridized carbons (Fsp3) is 0.429. The second kappa shape index (κ2) is 4.49. The van der Waals surface area contributed by atoms with Crippen LogP contribution < -0.4 is 11.3 Å². The molecule has 100 valence electrons. The normalized spacial score (nSPS) is 14.1. The van der Waals surface area contributed by atoms with Gasteiger partial charge in [-0.25, -0.2) is 4.98 Å². The summed E-state index contributed by atoms with van der Waals surface area (Å²) in [6.07, 6.45) is 3.18. The molecule has 0 saturated heterocycles. The molecule has 2 aromatic heterocycles. The Hall–Kier alpha value is -1.62. The number of thiazole rings is 1. The van der Waals surface area contributed by atoms with Crippen molar-refractivity contribution in [2.24, 2.45) is 0 Å². The molecule has 5 heteroatoms. The van der Waals surface area contributed by atoms with Crippen LogP contribution in [0.4, 0.5) is 5.13 Å². The number of fused-ring (bicyclic) bond motifs is 1. The molecule has 0 unspecified atom stereocenters. The highest BCUT2D eigenvalue weighted by molar-refractivity contribution is 7.13. The Labute approximate surface area is 115 Å². The lowest BCUT2D eigenvalue weighted by atomic mass is 10.1. The van der Waals surface area contributed by atoms with Gasteiger partial charge in [-0.1, -0.05) is 0 Å². The molecule has 0 spiro atoms.